The number of hydrogen-bond acceptors (Lipinski definition) is 3. The molecule has 1 aromatic carbocycles. The molecule has 1 rings (SSSR count). The van der Waals surface area contributed by atoms with Gasteiger partial charge in [-0.05, 0) is 25.5 Å². The first kappa shape index (κ1) is 12.6. The number of benzene rings is 1. The molecular weight excluding hydrogens is 202 g/mol. The molecule has 0 fully saturated rings. The zero-order chi connectivity index (χ0) is 12.1. The van der Waals surface area contributed by atoms with Crippen molar-refractivity contribution in [3.8, 4) is 11.5 Å². The normalized spacial score (nSPS) is 10.8. The predicted molar refractivity (Wildman–Crippen MR) is 67.1 cm³/mol. The Labute approximate surface area is 96.9 Å². The second-order valence-electron chi connectivity index (χ2n) is 3.61. The van der Waals surface area contributed by atoms with E-state index in [2.05, 4.69) is 0 Å². The van der Waals surface area contributed by atoms with Crippen LogP contribution in [0, 0.1) is 13.8 Å². The lowest BCUT2D eigenvalue weighted by atomic mass is 10.0. The van der Waals surface area contributed by atoms with Gasteiger partial charge in [0.1, 0.15) is 11.5 Å². The van der Waals surface area contributed by atoms with Crippen LogP contribution in [-0.2, 0) is 0 Å². The number of hydrogen-bond donors (Lipinski definition) is 1. The van der Waals surface area contributed by atoms with Crippen molar-refractivity contribution >= 4 is 6.08 Å². The summed E-state index contributed by atoms with van der Waals surface area (Å²) in [7, 11) is 3.35. The molecule has 0 heterocycles. The van der Waals surface area contributed by atoms with Gasteiger partial charge >= 0.3 is 0 Å². The highest BCUT2D eigenvalue weighted by atomic mass is 16.5. The Hall–Kier alpha value is -1.48. The summed E-state index contributed by atoms with van der Waals surface area (Å²) in [6.45, 7) is 4.52. The van der Waals surface area contributed by atoms with Gasteiger partial charge in [0.15, 0.2) is 0 Å². The fraction of sp³-hybridized carbons (Fsp3) is 0.385. The molecule has 0 aliphatic heterocycles. The van der Waals surface area contributed by atoms with Gasteiger partial charge < -0.3 is 15.2 Å². The lowest BCUT2D eigenvalue weighted by Crippen LogP contribution is -1.98. The number of methoxy groups -OCH3 is 2. The maximum absolute atomic E-state index is 5.47. The largest absolute Gasteiger partial charge is 0.496 e. The molecule has 3 nitrogen and oxygen atoms in total. The molecule has 0 radical (unpaired) electrons. The highest BCUT2D eigenvalue weighted by molar-refractivity contribution is 5.67. The topological polar surface area (TPSA) is 44.5 Å². The van der Waals surface area contributed by atoms with Crippen LogP contribution in [0.5, 0.6) is 11.5 Å². The maximum atomic E-state index is 5.47. The second kappa shape index (κ2) is 5.56. The van der Waals surface area contributed by atoms with E-state index in [4.69, 9.17) is 15.2 Å². The minimum Gasteiger partial charge on any atom is -0.496 e. The van der Waals surface area contributed by atoms with Crippen molar-refractivity contribution in [3.63, 3.8) is 0 Å². The fourth-order valence-electron chi connectivity index (χ4n) is 1.76. The van der Waals surface area contributed by atoms with Crippen LogP contribution in [-0.4, -0.2) is 20.8 Å². The Kier molecular flexibility index (Phi) is 4.38. The van der Waals surface area contributed by atoms with Gasteiger partial charge in [-0.25, -0.2) is 0 Å². The number of nitrogens with two attached hydrogens (primary N) is 1. The second-order valence-corrected chi connectivity index (χ2v) is 3.61. The van der Waals surface area contributed by atoms with E-state index in [1.807, 2.05) is 32.1 Å². The summed E-state index contributed by atoms with van der Waals surface area (Å²) in [5.74, 6) is 1.75. The van der Waals surface area contributed by atoms with Crippen LogP contribution < -0.4 is 15.2 Å². The third-order valence-electron chi connectivity index (χ3n) is 2.57. The van der Waals surface area contributed by atoms with Gasteiger partial charge in [-0.2, -0.15) is 0 Å². The monoisotopic (exact) mass is 221 g/mol. The zero-order valence-electron chi connectivity index (χ0n) is 10.3. The molecule has 0 saturated carbocycles. The lowest BCUT2D eigenvalue weighted by Gasteiger charge is -2.15. The molecule has 3 heteroatoms. The van der Waals surface area contributed by atoms with Crippen LogP contribution in [0.25, 0.3) is 6.08 Å². The molecule has 0 spiro atoms. The van der Waals surface area contributed by atoms with Gasteiger partial charge in [0.25, 0.3) is 0 Å². The molecule has 2 N–H and O–H groups in total. The molecule has 0 aliphatic carbocycles. The molecule has 0 aliphatic rings. The Morgan fingerprint density at radius 3 is 2.44 bits per heavy atom. The standard InChI is InChI=1S/C13H19NO2/c1-9-8-12(15-3)10(2)11(6-5-7-14)13(9)16-4/h5-6,8H,7,14H2,1-4H3/b6-5+. The Bertz CT molecular complexity index is 397. The Morgan fingerprint density at radius 1 is 1.25 bits per heavy atom. The van der Waals surface area contributed by atoms with E-state index in [1.165, 1.54) is 0 Å². The van der Waals surface area contributed by atoms with E-state index < -0.39 is 0 Å². The summed E-state index contributed by atoms with van der Waals surface area (Å²) in [5.41, 5.74) is 8.62. The fourth-order valence-corrected chi connectivity index (χ4v) is 1.76. The van der Waals surface area contributed by atoms with Gasteiger partial charge in [-0.15, -0.1) is 0 Å². The van der Waals surface area contributed by atoms with Gasteiger partial charge in [0.2, 0.25) is 0 Å². The minimum atomic E-state index is 0.513. The van der Waals surface area contributed by atoms with Gasteiger partial charge in [-0.3, -0.25) is 0 Å². The highest BCUT2D eigenvalue weighted by Gasteiger charge is 2.12. The first-order valence-corrected chi connectivity index (χ1v) is 5.24. The minimum absolute atomic E-state index is 0.513. The number of ether oxygens (including phenoxy) is 2. The summed E-state index contributed by atoms with van der Waals surface area (Å²) >= 11 is 0. The van der Waals surface area contributed by atoms with Crippen LogP contribution in [0.1, 0.15) is 16.7 Å². The van der Waals surface area contributed by atoms with Crippen molar-refractivity contribution in [2.24, 2.45) is 5.73 Å². The van der Waals surface area contributed by atoms with Crippen molar-refractivity contribution in [3.05, 3.63) is 28.8 Å². The first-order valence-electron chi connectivity index (χ1n) is 5.24. The summed E-state index contributed by atoms with van der Waals surface area (Å²) in [4.78, 5) is 0. The lowest BCUT2D eigenvalue weighted by molar-refractivity contribution is 0.397. The highest BCUT2D eigenvalue weighted by Crippen LogP contribution is 2.34. The van der Waals surface area contributed by atoms with E-state index in [9.17, 15) is 0 Å². The molecule has 1 aromatic rings. The van der Waals surface area contributed by atoms with Gasteiger partial charge in [0, 0.05) is 17.7 Å². The Morgan fingerprint density at radius 2 is 1.94 bits per heavy atom. The van der Waals surface area contributed by atoms with E-state index in [-0.39, 0.29) is 0 Å². The van der Waals surface area contributed by atoms with E-state index >= 15 is 0 Å². The van der Waals surface area contributed by atoms with Gasteiger partial charge in [-0.1, -0.05) is 12.2 Å². The summed E-state index contributed by atoms with van der Waals surface area (Å²) in [6, 6.07) is 1.98. The van der Waals surface area contributed by atoms with Crippen LogP contribution in [0.4, 0.5) is 0 Å². The molecule has 88 valence electrons. The van der Waals surface area contributed by atoms with Crippen LogP contribution in [0.2, 0.25) is 0 Å². The van der Waals surface area contributed by atoms with Crippen LogP contribution >= 0.6 is 0 Å². The average molecular weight is 221 g/mol. The number of rotatable bonds is 4. The third kappa shape index (κ3) is 2.36. The predicted octanol–water partition coefficient (Wildman–Crippen LogP) is 2.29. The third-order valence-corrected chi connectivity index (χ3v) is 2.57. The molecule has 0 amide bonds. The molecule has 0 aromatic heterocycles. The van der Waals surface area contributed by atoms with Crippen molar-refractivity contribution in [2.45, 2.75) is 13.8 Å². The maximum Gasteiger partial charge on any atom is 0.129 e. The van der Waals surface area contributed by atoms with Crippen molar-refractivity contribution in [1.82, 2.24) is 0 Å². The van der Waals surface area contributed by atoms with Crippen molar-refractivity contribution in [1.29, 1.82) is 0 Å². The smallest absolute Gasteiger partial charge is 0.129 e. The first-order chi connectivity index (χ1) is 7.65. The average Bonchev–Trinajstić information content (AvgIpc) is 2.29. The zero-order valence-corrected chi connectivity index (χ0v) is 10.3. The van der Waals surface area contributed by atoms with Crippen molar-refractivity contribution < 1.29 is 9.47 Å². The van der Waals surface area contributed by atoms with E-state index in [0.29, 0.717) is 6.54 Å². The molecular formula is C13H19NO2. The molecule has 0 saturated heterocycles. The van der Waals surface area contributed by atoms with Gasteiger partial charge in [0.05, 0.1) is 14.2 Å². The molecule has 16 heavy (non-hydrogen) atoms. The Balaban J connectivity index is 3.39. The van der Waals surface area contributed by atoms with Crippen molar-refractivity contribution in [2.75, 3.05) is 20.8 Å². The number of aryl methyl sites for hydroxylation is 1. The summed E-state index contributed by atoms with van der Waals surface area (Å²) < 4.78 is 10.7. The molecule has 0 unspecified atom stereocenters. The van der Waals surface area contributed by atoms with Crippen LogP contribution in [0.3, 0.4) is 0 Å². The quantitative estimate of drug-likeness (QED) is 0.848. The SMILES string of the molecule is COc1cc(C)c(OC)c(/C=C/CN)c1C. The molecule has 0 bridgehead atoms. The van der Waals surface area contributed by atoms with Crippen LogP contribution in [0.15, 0.2) is 12.1 Å². The summed E-state index contributed by atoms with van der Waals surface area (Å²) in [6.07, 6.45) is 3.88. The van der Waals surface area contributed by atoms with E-state index in [1.54, 1.807) is 14.2 Å². The summed E-state index contributed by atoms with van der Waals surface area (Å²) in [5, 5.41) is 0. The molecule has 0 atom stereocenters. The van der Waals surface area contributed by atoms with E-state index in [0.717, 1.165) is 28.2 Å².